The fourth-order valence-electron chi connectivity index (χ4n) is 3.71. The maximum Gasteiger partial charge on any atom is 0.417 e. The lowest BCUT2D eigenvalue weighted by Gasteiger charge is -2.34. The highest BCUT2D eigenvalue weighted by molar-refractivity contribution is 5.95. The van der Waals surface area contributed by atoms with Crippen molar-refractivity contribution in [3.63, 3.8) is 0 Å². The summed E-state index contributed by atoms with van der Waals surface area (Å²) >= 11 is 0. The minimum atomic E-state index is -4.55. The number of alkyl halides is 3. The van der Waals surface area contributed by atoms with E-state index in [1.165, 1.54) is 6.92 Å². The predicted octanol–water partition coefficient (Wildman–Crippen LogP) is 1.33. The lowest BCUT2D eigenvalue weighted by molar-refractivity contribution is -0.100. The van der Waals surface area contributed by atoms with Crippen LogP contribution < -0.4 is 16.4 Å². The molecule has 1 aromatic heterocycles. The third-order valence-corrected chi connectivity index (χ3v) is 5.42. The van der Waals surface area contributed by atoms with Gasteiger partial charge in [0.05, 0.1) is 42.3 Å². The van der Waals surface area contributed by atoms with Gasteiger partial charge in [-0.1, -0.05) is 0 Å². The Balaban J connectivity index is 1.44. The normalized spacial score (nSPS) is 29.1. The molecule has 0 saturated carbocycles. The first-order valence-corrected chi connectivity index (χ1v) is 9.21. The van der Waals surface area contributed by atoms with Gasteiger partial charge in [-0.2, -0.15) is 18.3 Å². The second kappa shape index (κ2) is 6.75. The van der Waals surface area contributed by atoms with Crippen LogP contribution in [0.4, 0.5) is 18.9 Å². The second-order valence-corrected chi connectivity index (χ2v) is 7.67. The number of ether oxygens (including phenoxy) is 1. The van der Waals surface area contributed by atoms with Crippen molar-refractivity contribution in [3.8, 4) is 0 Å². The van der Waals surface area contributed by atoms with E-state index < -0.39 is 17.4 Å². The molecule has 0 spiro atoms. The van der Waals surface area contributed by atoms with Gasteiger partial charge in [-0.05, 0) is 20.3 Å². The third-order valence-electron chi connectivity index (χ3n) is 5.42. The van der Waals surface area contributed by atoms with Crippen molar-refractivity contribution in [2.75, 3.05) is 31.6 Å². The summed E-state index contributed by atoms with van der Waals surface area (Å²) in [7, 11) is 0. The van der Waals surface area contributed by atoms with Crippen LogP contribution in [0.25, 0.3) is 0 Å². The van der Waals surface area contributed by atoms with Crippen LogP contribution in [0.1, 0.15) is 25.1 Å². The number of aryl methyl sites for hydroxylation is 1. The number of nitrogens with two attached hydrogens (primary N) is 1. The molecule has 3 aliphatic heterocycles. The Kier molecular flexibility index (Phi) is 4.63. The molecule has 154 valence electrons. The quantitative estimate of drug-likeness (QED) is 0.710. The number of nitrogens with one attached hydrogen (secondary N) is 2. The second-order valence-electron chi connectivity index (χ2n) is 7.67. The van der Waals surface area contributed by atoms with E-state index in [-0.39, 0.29) is 12.0 Å². The van der Waals surface area contributed by atoms with Crippen LogP contribution in [-0.4, -0.2) is 64.8 Å². The van der Waals surface area contributed by atoms with Gasteiger partial charge < -0.3 is 21.1 Å². The van der Waals surface area contributed by atoms with Gasteiger partial charge in [-0.25, -0.2) is 4.99 Å². The van der Waals surface area contributed by atoms with E-state index in [1.54, 1.807) is 0 Å². The van der Waals surface area contributed by atoms with E-state index in [0.29, 0.717) is 11.7 Å². The number of rotatable bonds is 3. The summed E-state index contributed by atoms with van der Waals surface area (Å²) in [4.78, 5) is 6.40. The fraction of sp³-hybridized carbons (Fsp3) is 0.647. The smallest absolute Gasteiger partial charge is 0.378 e. The summed E-state index contributed by atoms with van der Waals surface area (Å²) in [5.74, 6) is 0.153. The molecular weight excluding hydrogens is 375 g/mol. The molecule has 0 bridgehead atoms. The molecular formula is C17H24F3N7O. The summed E-state index contributed by atoms with van der Waals surface area (Å²) < 4.78 is 46.3. The van der Waals surface area contributed by atoms with Gasteiger partial charge in [0.25, 0.3) is 0 Å². The molecule has 2 saturated heterocycles. The van der Waals surface area contributed by atoms with E-state index in [2.05, 4.69) is 25.6 Å². The average molecular weight is 399 g/mol. The van der Waals surface area contributed by atoms with E-state index >= 15 is 0 Å². The van der Waals surface area contributed by atoms with Crippen molar-refractivity contribution >= 4 is 11.6 Å². The van der Waals surface area contributed by atoms with Gasteiger partial charge in [0, 0.05) is 25.5 Å². The van der Waals surface area contributed by atoms with Crippen LogP contribution in [0.2, 0.25) is 0 Å². The monoisotopic (exact) mass is 399 g/mol. The maximum absolute atomic E-state index is 13.0. The minimum Gasteiger partial charge on any atom is -0.378 e. The number of aliphatic imine (C=N–C) groups is 1. The Bertz CT molecular complexity index is 810. The topological polar surface area (TPSA) is 92.7 Å². The summed E-state index contributed by atoms with van der Waals surface area (Å²) in [6, 6.07) is 0.754. The highest BCUT2D eigenvalue weighted by atomic mass is 19.4. The molecule has 2 fully saturated rings. The largest absolute Gasteiger partial charge is 0.417 e. The number of nitrogens with zero attached hydrogens (tertiary/aromatic N) is 4. The molecule has 4 rings (SSSR count). The van der Waals surface area contributed by atoms with E-state index in [9.17, 15) is 13.2 Å². The van der Waals surface area contributed by atoms with Gasteiger partial charge in [-0.15, -0.1) is 0 Å². The van der Waals surface area contributed by atoms with Crippen LogP contribution in [0.5, 0.6) is 0 Å². The van der Waals surface area contributed by atoms with E-state index in [1.807, 2.05) is 17.8 Å². The van der Waals surface area contributed by atoms with Crippen LogP contribution >= 0.6 is 0 Å². The SMILES string of the molecule is Cc1nn([C@H]2CCN(C3COC3)C2)cc1NC1=NC(C)(N)C(C(F)(F)F)=CN1. The van der Waals surface area contributed by atoms with Gasteiger partial charge in [-0.3, -0.25) is 9.58 Å². The Morgan fingerprint density at radius 3 is 2.71 bits per heavy atom. The molecule has 8 nitrogen and oxygen atoms in total. The van der Waals surface area contributed by atoms with Crippen LogP contribution in [0.3, 0.4) is 0 Å². The fourth-order valence-corrected chi connectivity index (χ4v) is 3.71. The zero-order valence-electron chi connectivity index (χ0n) is 15.8. The highest BCUT2D eigenvalue weighted by Crippen LogP contribution is 2.34. The molecule has 4 heterocycles. The van der Waals surface area contributed by atoms with E-state index in [0.717, 1.165) is 44.6 Å². The van der Waals surface area contributed by atoms with Crippen LogP contribution in [0.15, 0.2) is 23.0 Å². The zero-order valence-corrected chi connectivity index (χ0v) is 15.8. The van der Waals surface area contributed by atoms with Crippen molar-refractivity contribution in [1.29, 1.82) is 0 Å². The number of hydrogen-bond donors (Lipinski definition) is 3. The maximum atomic E-state index is 13.0. The molecule has 1 unspecified atom stereocenters. The number of guanidine groups is 1. The summed E-state index contributed by atoms with van der Waals surface area (Å²) in [6.07, 6.45) is -0.840. The van der Waals surface area contributed by atoms with Crippen molar-refractivity contribution in [2.45, 2.75) is 44.2 Å². The molecule has 1 aromatic rings. The Morgan fingerprint density at radius 1 is 1.36 bits per heavy atom. The van der Waals surface area contributed by atoms with Crippen molar-refractivity contribution in [3.05, 3.63) is 23.7 Å². The van der Waals surface area contributed by atoms with Crippen molar-refractivity contribution < 1.29 is 17.9 Å². The minimum absolute atomic E-state index is 0.153. The Hall–Kier alpha value is -2.11. The zero-order chi connectivity index (χ0) is 20.1. The molecule has 0 aliphatic carbocycles. The number of anilines is 1. The molecule has 2 atom stereocenters. The van der Waals surface area contributed by atoms with Gasteiger partial charge in [0.2, 0.25) is 5.96 Å². The summed E-state index contributed by atoms with van der Waals surface area (Å²) in [5.41, 5.74) is 4.38. The van der Waals surface area contributed by atoms with Crippen LogP contribution in [-0.2, 0) is 4.74 Å². The first-order valence-electron chi connectivity index (χ1n) is 9.21. The number of hydrogen-bond acceptors (Lipinski definition) is 7. The van der Waals surface area contributed by atoms with Gasteiger partial charge in [0.15, 0.2) is 0 Å². The molecule has 28 heavy (non-hydrogen) atoms. The molecule has 0 amide bonds. The van der Waals surface area contributed by atoms with Crippen LogP contribution in [0, 0.1) is 6.92 Å². The summed E-state index contributed by atoms with van der Waals surface area (Å²) in [6.45, 7) is 6.55. The molecule has 11 heteroatoms. The van der Waals surface area contributed by atoms with Crippen molar-refractivity contribution in [1.82, 2.24) is 20.0 Å². The van der Waals surface area contributed by atoms with E-state index in [4.69, 9.17) is 10.5 Å². The van der Waals surface area contributed by atoms with Crippen molar-refractivity contribution in [2.24, 2.45) is 10.7 Å². The third kappa shape index (κ3) is 3.61. The Labute approximate surface area is 160 Å². The molecule has 4 N–H and O–H groups in total. The number of halogens is 3. The van der Waals surface area contributed by atoms with Gasteiger partial charge in [0.1, 0.15) is 5.66 Å². The van der Waals surface area contributed by atoms with Gasteiger partial charge >= 0.3 is 6.18 Å². The lowest BCUT2D eigenvalue weighted by Crippen LogP contribution is -2.49. The Morgan fingerprint density at radius 2 is 2.11 bits per heavy atom. The highest BCUT2D eigenvalue weighted by Gasteiger charge is 2.45. The molecule has 3 aliphatic rings. The first kappa shape index (κ1) is 19.2. The lowest BCUT2D eigenvalue weighted by atomic mass is 10.0. The first-order chi connectivity index (χ1) is 13.1. The number of likely N-dealkylation sites (tertiary alicyclic amines) is 1. The predicted molar refractivity (Wildman–Crippen MR) is 97.7 cm³/mol. The summed E-state index contributed by atoms with van der Waals surface area (Å²) in [5, 5.41) is 10.1. The molecule has 0 aromatic carbocycles. The molecule has 0 radical (unpaired) electrons. The number of aromatic nitrogens is 2. The standard InChI is InChI=1S/C17H24F3N7O/c1-10-13(23-15-22-5-14(17(18,19)20)16(2,21)24-15)7-27(25-10)11-3-4-26(6-11)12-8-28-9-12/h5,7,11-12H,3-4,6,8-9,21H2,1-2H3,(H2,22,23,24)/t11-,16?/m0/s1. The average Bonchev–Trinajstić information content (AvgIpc) is 3.11.